The highest BCUT2D eigenvalue weighted by Gasteiger charge is 2.30. The molecule has 4 rings (SSSR count). The topological polar surface area (TPSA) is 42.1 Å². The highest BCUT2D eigenvalue weighted by molar-refractivity contribution is 5.67. The van der Waals surface area contributed by atoms with Crippen LogP contribution in [-0.2, 0) is 19.0 Å². The number of aromatic amines is 1. The largest absolute Gasteiger partial charge is 0.457 e. The lowest BCUT2D eigenvalue weighted by Gasteiger charge is -2.18. The lowest BCUT2D eigenvalue weighted by molar-refractivity contribution is -0.137. The van der Waals surface area contributed by atoms with Crippen LogP contribution in [0.3, 0.4) is 0 Å². The summed E-state index contributed by atoms with van der Waals surface area (Å²) in [5, 5.41) is 0. The summed E-state index contributed by atoms with van der Waals surface area (Å²) < 4.78 is 44.1. The third-order valence-electron chi connectivity index (χ3n) is 5.22. The molecule has 0 aliphatic heterocycles. The highest BCUT2D eigenvalue weighted by Crippen LogP contribution is 2.33. The van der Waals surface area contributed by atoms with Crippen LogP contribution in [0, 0.1) is 6.92 Å². The number of pyridine rings is 1. The van der Waals surface area contributed by atoms with Gasteiger partial charge in [0, 0.05) is 22.5 Å². The van der Waals surface area contributed by atoms with Crippen LogP contribution in [0.25, 0.3) is 11.1 Å². The maximum absolute atomic E-state index is 13.0. The number of hydrogen-bond acceptors (Lipinski definition) is 2. The molecule has 0 radical (unpaired) electrons. The molecular formula is C23H20F3NO2. The van der Waals surface area contributed by atoms with Gasteiger partial charge < -0.3 is 9.72 Å². The van der Waals surface area contributed by atoms with Crippen LogP contribution >= 0.6 is 0 Å². The van der Waals surface area contributed by atoms with E-state index < -0.39 is 11.7 Å². The van der Waals surface area contributed by atoms with E-state index in [1.807, 2.05) is 6.92 Å². The molecule has 1 aromatic heterocycles. The van der Waals surface area contributed by atoms with Gasteiger partial charge >= 0.3 is 6.18 Å². The second kappa shape index (κ2) is 7.43. The molecule has 0 amide bonds. The molecule has 0 bridgehead atoms. The van der Waals surface area contributed by atoms with Gasteiger partial charge in [-0.2, -0.15) is 13.2 Å². The molecule has 1 aliphatic rings. The fourth-order valence-electron chi connectivity index (χ4n) is 3.81. The number of fused-ring (bicyclic) bond motifs is 1. The predicted octanol–water partition coefficient (Wildman–Crippen LogP) is 6.04. The molecule has 3 aromatic rings. The van der Waals surface area contributed by atoms with Crippen LogP contribution in [0.15, 0.2) is 53.3 Å². The monoisotopic (exact) mass is 399 g/mol. The Morgan fingerprint density at radius 3 is 2.41 bits per heavy atom. The van der Waals surface area contributed by atoms with Gasteiger partial charge in [-0.1, -0.05) is 18.2 Å². The van der Waals surface area contributed by atoms with E-state index in [9.17, 15) is 18.0 Å². The van der Waals surface area contributed by atoms with Crippen LogP contribution in [0.5, 0.6) is 11.5 Å². The van der Waals surface area contributed by atoms with Gasteiger partial charge in [-0.25, -0.2) is 0 Å². The number of ether oxygens (including phenoxy) is 1. The number of rotatable bonds is 3. The molecule has 0 fully saturated rings. The lowest BCUT2D eigenvalue weighted by atomic mass is 9.91. The van der Waals surface area contributed by atoms with Gasteiger partial charge in [0.1, 0.15) is 11.5 Å². The number of hydrogen-bond donors (Lipinski definition) is 1. The molecule has 0 spiro atoms. The summed E-state index contributed by atoms with van der Waals surface area (Å²) in [4.78, 5) is 16.4. The van der Waals surface area contributed by atoms with Crippen molar-refractivity contribution >= 4 is 0 Å². The zero-order chi connectivity index (χ0) is 20.6. The van der Waals surface area contributed by atoms with Crippen molar-refractivity contribution in [3.05, 3.63) is 81.3 Å². The fraction of sp³-hybridized carbons (Fsp3) is 0.261. The van der Waals surface area contributed by atoms with Crippen molar-refractivity contribution in [1.82, 2.24) is 4.98 Å². The standard InChI is InChI=1S/C23H20F3NO2/c1-14-21(22(28)19-7-2-3-8-20(19)27-14)15-9-11-17(12-10-15)29-18-6-4-5-16(13-18)23(24,25)26/h4-6,9-13H,2-3,7-8H2,1H3,(H,27,28). The molecular weight excluding hydrogens is 379 g/mol. The first-order chi connectivity index (χ1) is 13.8. The number of H-pyrrole nitrogens is 1. The Labute approximate surface area is 166 Å². The number of nitrogens with one attached hydrogen (secondary N) is 1. The smallest absolute Gasteiger partial charge is 0.416 e. The van der Waals surface area contributed by atoms with Crippen LogP contribution in [0.4, 0.5) is 13.2 Å². The molecule has 2 aromatic carbocycles. The average molecular weight is 399 g/mol. The molecule has 0 unspecified atom stereocenters. The SMILES string of the molecule is Cc1[nH]c2c(c(=O)c1-c1ccc(Oc3cccc(C(F)(F)F)c3)cc1)CCCC2. The van der Waals surface area contributed by atoms with Crippen molar-refractivity contribution in [3.63, 3.8) is 0 Å². The highest BCUT2D eigenvalue weighted by atomic mass is 19.4. The first-order valence-electron chi connectivity index (χ1n) is 9.53. The van der Waals surface area contributed by atoms with E-state index in [2.05, 4.69) is 4.98 Å². The first kappa shape index (κ1) is 19.3. The molecule has 1 heterocycles. The summed E-state index contributed by atoms with van der Waals surface area (Å²) in [5.74, 6) is 0.510. The predicted molar refractivity (Wildman–Crippen MR) is 105 cm³/mol. The quantitative estimate of drug-likeness (QED) is 0.583. The summed E-state index contributed by atoms with van der Waals surface area (Å²) in [7, 11) is 0. The third kappa shape index (κ3) is 3.92. The summed E-state index contributed by atoms with van der Waals surface area (Å²) in [6.45, 7) is 1.89. The Morgan fingerprint density at radius 1 is 0.966 bits per heavy atom. The van der Waals surface area contributed by atoms with Crippen molar-refractivity contribution in [2.75, 3.05) is 0 Å². The van der Waals surface area contributed by atoms with E-state index in [0.29, 0.717) is 11.3 Å². The van der Waals surface area contributed by atoms with Gasteiger partial charge in [0.15, 0.2) is 5.43 Å². The maximum Gasteiger partial charge on any atom is 0.416 e. The molecule has 1 aliphatic carbocycles. The number of alkyl halides is 3. The minimum atomic E-state index is -4.42. The minimum Gasteiger partial charge on any atom is -0.457 e. The molecule has 0 saturated heterocycles. The van der Waals surface area contributed by atoms with Crippen molar-refractivity contribution < 1.29 is 17.9 Å². The summed E-state index contributed by atoms with van der Waals surface area (Å²) in [6.07, 6.45) is -0.635. The fourth-order valence-corrected chi connectivity index (χ4v) is 3.81. The number of aromatic nitrogens is 1. The molecule has 150 valence electrons. The molecule has 29 heavy (non-hydrogen) atoms. The minimum absolute atomic E-state index is 0.0579. The molecule has 0 saturated carbocycles. The van der Waals surface area contributed by atoms with Gasteiger partial charge in [-0.05, 0) is 68.5 Å². The normalized spacial score (nSPS) is 13.8. The van der Waals surface area contributed by atoms with Crippen molar-refractivity contribution in [2.24, 2.45) is 0 Å². The number of aryl methyl sites for hydroxylation is 2. The lowest BCUT2D eigenvalue weighted by Crippen LogP contribution is -2.21. The van der Waals surface area contributed by atoms with Crippen LogP contribution in [0.1, 0.15) is 35.4 Å². The molecule has 3 nitrogen and oxygen atoms in total. The number of benzene rings is 2. The average Bonchev–Trinajstić information content (AvgIpc) is 2.69. The van der Waals surface area contributed by atoms with Crippen LogP contribution in [0.2, 0.25) is 0 Å². The Morgan fingerprint density at radius 2 is 1.69 bits per heavy atom. The van der Waals surface area contributed by atoms with Crippen molar-refractivity contribution in [1.29, 1.82) is 0 Å². The molecule has 6 heteroatoms. The van der Waals surface area contributed by atoms with E-state index in [4.69, 9.17) is 4.74 Å². The Balaban J connectivity index is 1.62. The van der Waals surface area contributed by atoms with Crippen LogP contribution in [-0.4, -0.2) is 4.98 Å². The molecule has 1 N–H and O–H groups in total. The van der Waals surface area contributed by atoms with Crippen molar-refractivity contribution in [2.45, 2.75) is 38.8 Å². The van der Waals surface area contributed by atoms with E-state index in [1.165, 1.54) is 12.1 Å². The Bertz CT molecular complexity index is 1100. The second-order valence-corrected chi connectivity index (χ2v) is 7.27. The van der Waals surface area contributed by atoms with Gasteiger partial charge in [0.05, 0.1) is 5.56 Å². The maximum atomic E-state index is 13.0. The van der Waals surface area contributed by atoms with Gasteiger partial charge in [-0.15, -0.1) is 0 Å². The summed E-state index contributed by atoms with van der Waals surface area (Å²) >= 11 is 0. The second-order valence-electron chi connectivity index (χ2n) is 7.27. The van der Waals surface area contributed by atoms with Gasteiger partial charge in [0.25, 0.3) is 0 Å². The van der Waals surface area contributed by atoms with Gasteiger partial charge in [-0.3, -0.25) is 4.79 Å². The molecule has 0 atom stereocenters. The van der Waals surface area contributed by atoms with Crippen LogP contribution < -0.4 is 10.2 Å². The first-order valence-corrected chi connectivity index (χ1v) is 9.53. The summed E-state index contributed by atoms with van der Waals surface area (Å²) in [5.41, 5.74) is 3.41. The third-order valence-corrected chi connectivity index (χ3v) is 5.22. The zero-order valence-electron chi connectivity index (χ0n) is 15.9. The van der Waals surface area contributed by atoms with E-state index in [0.717, 1.165) is 60.3 Å². The van der Waals surface area contributed by atoms with Crippen molar-refractivity contribution in [3.8, 4) is 22.6 Å². The number of halogens is 3. The Hall–Kier alpha value is -3.02. The zero-order valence-corrected chi connectivity index (χ0v) is 15.9. The Kier molecular flexibility index (Phi) is 4.94. The van der Waals surface area contributed by atoms with Gasteiger partial charge in [0.2, 0.25) is 0 Å². The summed E-state index contributed by atoms with van der Waals surface area (Å²) in [6, 6.07) is 11.6. The van der Waals surface area contributed by atoms with E-state index in [-0.39, 0.29) is 11.2 Å². The van der Waals surface area contributed by atoms with E-state index in [1.54, 1.807) is 24.3 Å². The van der Waals surface area contributed by atoms with E-state index >= 15 is 0 Å².